The second kappa shape index (κ2) is 9.06. The summed E-state index contributed by atoms with van der Waals surface area (Å²) in [6.07, 6.45) is 0.682. The molecule has 0 atom stereocenters. The first-order chi connectivity index (χ1) is 16.3. The predicted molar refractivity (Wildman–Crippen MR) is 135 cm³/mol. The Hall–Kier alpha value is -2.87. The number of halogens is 1. The SMILES string of the molecule is Cc1ccc2c(c1)Oc1ccc(C)cc1C(N1CCCN(S(=O)(=O)c3cccc(Cl)c3)CC1)=N2. The average Bonchev–Trinajstić information content (AvgIpc) is 3.14. The van der Waals surface area contributed by atoms with Crippen molar-refractivity contribution in [2.75, 3.05) is 26.2 Å². The van der Waals surface area contributed by atoms with Crippen molar-refractivity contribution in [3.8, 4) is 11.5 Å². The van der Waals surface area contributed by atoms with Gasteiger partial charge in [0.1, 0.15) is 17.3 Å². The number of fused-ring (bicyclic) bond motifs is 2. The van der Waals surface area contributed by atoms with Gasteiger partial charge in [0.25, 0.3) is 0 Å². The molecule has 0 spiro atoms. The summed E-state index contributed by atoms with van der Waals surface area (Å²) in [6, 6.07) is 18.5. The summed E-state index contributed by atoms with van der Waals surface area (Å²) in [7, 11) is -3.63. The molecule has 176 valence electrons. The third-order valence-electron chi connectivity index (χ3n) is 6.13. The largest absolute Gasteiger partial charge is 0.454 e. The molecule has 8 heteroatoms. The highest BCUT2D eigenvalue weighted by Gasteiger charge is 2.30. The number of sulfonamides is 1. The van der Waals surface area contributed by atoms with Crippen molar-refractivity contribution in [2.24, 2.45) is 4.99 Å². The summed E-state index contributed by atoms with van der Waals surface area (Å²) in [5, 5.41) is 0.409. The first-order valence-corrected chi connectivity index (χ1v) is 13.1. The van der Waals surface area contributed by atoms with Gasteiger partial charge in [0.2, 0.25) is 10.0 Å². The minimum atomic E-state index is -3.63. The van der Waals surface area contributed by atoms with Gasteiger partial charge in [-0.1, -0.05) is 35.4 Å². The summed E-state index contributed by atoms with van der Waals surface area (Å²) in [5.74, 6) is 2.28. The van der Waals surface area contributed by atoms with Crippen LogP contribution in [-0.2, 0) is 10.0 Å². The number of aryl methyl sites for hydroxylation is 2. The molecule has 0 radical (unpaired) electrons. The molecule has 34 heavy (non-hydrogen) atoms. The smallest absolute Gasteiger partial charge is 0.243 e. The summed E-state index contributed by atoms with van der Waals surface area (Å²) in [5.41, 5.74) is 3.89. The van der Waals surface area contributed by atoms with Gasteiger partial charge < -0.3 is 9.64 Å². The van der Waals surface area contributed by atoms with Crippen LogP contribution >= 0.6 is 11.6 Å². The lowest BCUT2D eigenvalue weighted by Crippen LogP contribution is -2.37. The van der Waals surface area contributed by atoms with Crippen LogP contribution in [0.3, 0.4) is 0 Å². The molecule has 0 N–H and O–H groups in total. The van der Waals surface area contributed by atoms with Crippen LogP contribution in [0.25, 0.3) is 0 Å². The molecule has 3 aromatic carbocycles. The first kappa shape index (κ1) is 22.9. The Kier molecular flexibility index (Phi) is 6.10. The molecule has 1 fully saturated rings. The summed E-state index contributed by atoms with van der Waals surface area (Å²) >= 11 is 6.06. The second-order valence-corrected chi connectivity index (χ2v) is 11.1. The van der Waals surface area contributed by atoms with Crippen molar-refractivity contribution >= 4 is 33.1 Å². The Labute approximate surface area is 205 Å². The zero-order valence-corrected chi connectivity index (χ0v) is 20.7. The van der Waals surface area contributed by atoms with E-state index < -0.39 is 10.0 Å². The van der Waals surface area contributed by atoms with E-state index in [1.807, 2.05) is 44.2 Å². The lowest BCUT2D eigenvalue weighted by molar-refractivity contribution is 0.407. The number of ether oxygens (including phenoxy) is 1. The zero-order chi connectivity index (χ0) is 23.9. The number of benzene rings is 3. The first-order valence-electron chi connectivity index (χ1n) is 11.3. The molecule has 0 bridgehead atoms. The topological polar surface area (TPSA) is 62.2 Å². The van der Waals surface area contributed by atoms with Crippen LogP contribution in [0.2, 0.25) is 5.02 Å². The normalized spacial score (nSPS) is 16.6. The number of nitrogens with zero attached hydrogens (tertiary/aromatic N) is 3. The number of hydrogen-bond acceptors (Lipinski definition) is 5. The maximum Gasteiger partial charge on any atom is 0.243 e. The summed E-state index contributed by atoms with van der Waals surface area (Å²) in [6.45, 7) is 6.07. The molecule has 0 unspecified atom stereocenters. The van der Waals surface area contributed by atoms with Crippen LogP contribution < -0.4 is 4.74 Å². The molecule has 0 amide bonds. The fourth-order valence-electron chi connectivity index (χ4n) is 4.36. The minimum absolute atomic E-state index is 0.221. The van der Waals surface area contributed by atoms with Gasteiger partial charge in [-0.15, -0.1) is 0 Å². The molecule has 1 saturated heterocycles. The zero-order valence-electron chi connectivity index (χ0n) is 19.2. The van der Waals surface area contributed by atoms with Crippen molar-refractivity contribution in [2.45, 2.75) is 25.2 Å². The molecule has 2 heterocycles. The van der Waals surface area contributed by atoms with E-state index in [0.29, 0.717) is 37.6 Å². The van der Waals surface area contributed by atoms with Crippen LogP contribution in [0.15, 0.2) is 70.6 Å². The maximum atomic E-state index is 13.3. The molecular weight excluding hydrogens is 470 g/mol. The Bertz CT molecular complexity index is 1390. The summed E-state index contributed by atoms with van der Waals surface area (Å²) < 4.78 is 34.4. The lowest BCUT2D eigenvalue weighted by atomic mass is 10.1. The van der Waals surface area contributed by atoms with Crippen molar-refractivity contribution in [1.29, 1.82) is 0 Å². The van der Waals surface area contributed by atoms with Crippen molar-refractivity contribution in [1.82, 2.24) is 9.21 Å². The van der Waals surface area contributed by atoms with E-state index >= 15 is 0 Å². The van der Waals surface area contributed by atoms with E-state index in [-0.39, 0.29) is 4.90 Å². The predicted octanol–water partition coefficient (Wildman–Crippen LogP) is 5.54. The molecule has 5 rings (SSSR count). The van der Waals surface area contributed by atoms with Gasteiger partial charge >= 0.3 is 0 Å². The minimum Gasteiger partial charge on any atom is -0.454 e. The van der Waals surface area contributed by atoms with Gasteiger partial charge in [-0.05, 0) is 68.3 Å². The van der Waals surface area contributed by atoms with Gasteiger partial charge in [0.15, 0.2) is 5.75 Å². The van der Waals surface area contributed by atoms with Gasteiger partial charge in [-0.25, -0.2) is 13.4 Å². The summed E-state index contributed by atoms with van der Waals surface area (Å²) in [4.78, 5) is 7.41. The van der Waals surface area contributed by atoms with E-state index in [4.69, 9.17) is 21.3 Å². The highest BCUT2D eigenvalue weighted by Crippen LogP contribution is 2.39. The van der Waals surface area contributed by atoms with Crippen molar-refractivity contribution in [3.05, 3.63) is 82.4 Å². The van der Waals surface area contributed by atoms with E-state index in [1.54, 1.807) is 22.5 Å². The monoisotopic (exact) mass is 495 g/mol. The van der Waals surface area contributed by atoms with Gasteiger partial charge in [0.05, 0.1) is 10.5 Å². The highest BCUT2D eigenvalue weighted by atomic mass is 35.5. The second-order valence-electron chi connectivity index (χ2n) is 8.71. The highest BCUT2D eigenvalue weighted by molar-refractivity contribution is 7.89. The van der Waals surface area contributed by atoms with Crippen LogP contribution in [0.4, 0.5) is 5.69 Å². The molecule has 2 aliphatic heterocycles. The standard InChI is InChI=1S/C26H26ClN3O3S/c1-18-8-10-24-22(15-18)26(28-23-9-7-19(2)16-25(23)33-24)29-11-4-12-30(14-13-29)34(31,32)21-6-3-5-20(27)17-21/h3,5-10,15-17H,4,11-14H2,1-2H3. The molecule has 0 aromatic heterocycles. The molecule has 3 aromatic rings. The Balaban J connectivity index is 1.49. The lowest BCUT2D eigenvalue weighted by Gasteiger charge is -2.25. The molecule has 2 aliphatic rings. The van der Waals surface area contributed by atoms with Crippen molar-refractivity contribution in [3.63, 3.8) is 0 Å². The number of amidine groups is 1. The molecule has 6 nitrogen and oxygen atoms in total. The van der Waals surface area contributed by atoms with E-state index in [2.05, 4.69) is 11.0 Å². The van der Waals surface area contributed by atoms with E-state index in [0.717, 1.165) is 39.7 Å². The molecule has 0 aliphatic carbocycles. The molecule has 0 saturated carbocycles. The van der Waals surface area contributed by atoms with E-state index in [1.165, 1.54) is 6.07 Å². The van der Waals surface area contributed by atoms with Crippen LogP contribution in [-0.4, -0.2) is 49.6 Å². The fraction of sp³-hybridized carbons (Fsp3) is 0.269. The number of aliphatic imine (C=N–C) groups is 1. The Morgan fingerprint density at radius 1 is 0.882 bits per heavy atom. The van der Waals surface area contributed by atoms with Crippen LogP contribution in [0.5, 0.6) is 11.5 Å². The third-order valence-corrected chi connectivity index (χ3v) is 8.26. The van der Waals surface area contributed by atoms with Crippen LogP contribution in [0.1, 0.15) is 23.1 Å². The fourth-order valence-corrected chi connectivity index (χ4v) is 6.13. The van der Waals surface area contributed by atoms with E-state index in [9.17, 15) is 8.42 Å². The quantitative estimate of drug-likeness (QED) is 0.468. The maximum absolute atomic E-state index is 13.3. The van der Waals surface area contributed by atoms with Gasteiger partial charge in [-0.3, -0.25) is 0 Å². The number of hydrogen-bond donors (Lipinski definition) is 0. The van der Waals surface area contributed by atoms with Crippen molar-refractivity contribution < 1.29 is 13.2 Å². The van der Waals surface area contributed by atoms with Crippen LogP contribution in [0, 0.1) is 13.8 Å². The van der Waals surface area contributed by atoms with Gasteiger partial charge in [0, 0.05) is 31.2 Å². The Morgan fingerprint density at radius 2 is 1.68 bits per heavy atom. The molecular formula is C26H26ClN3O3S. The average molecular weight is 496 g/mol. The van der Waals surface area contributed by atoms with Gasteiger partial charge in [-0.2, -0.15) is 4.31 Å². The Morgan fingerprint density at radius 3 is 2.50 bits per heavy atom. The third kappa shape index (κ3) is 4.43. The number of rotatable bonds is 2.